The minimum Gasteiger partial charge on any atom is -0.328 e. The summed E-state index contributed by atoms with van der Waals surface area (Å²) in [4.78, 5) is 4.58. The third-order valence-corrected chi connectivity index (χ3v) is 4.26. The molecule has 2 nitrogen and oxygen atoms in total. The van der Waals surface area contributed by atoms with Crippen molar-refractivity contribution < 1.29 is 0 Å². The van der Waals surface area contributed by atoms with E-state index in [1.165, 1.54) is 41.1 Å². The summed E-state index contributed by atoms with van der Waals surface area (Å²) in [5, 5.41) is 0. The Kier molecular flexibility index (Phi) is 4.30. The first-order chi connectivity index (χ1) is 10.4. The molecule has 1 aliphatic rings. The molecule has 0 bridgehead atoms. The molecule has 2 aromatic carbocycles. The Balaban J connectivity index is 0.00000144. The van der Waals surface area contributed by atoms with E-state index in [9.17, 15) is 0 Å². The Morgan fingerprint density at radius 1 is 0.773 bits per heavy atom. The van der Waals surface area contributed by atoms with E-state index in [0.29, 0.717) is 0 Å². The van der Waals surface area contributed by atoms with Crippen LogP contribution >= 0.6 is 12.4 Å². The highest BCUT2D eigenvalue weighted by molar-refractivity contribution is 5.85. The second-order valence-corrected chi connectivity index (χ2v) is 5.61. The topological polar surface area (TPSA) is 17.8 Å². The van der Waals surface area contributed by atoms with Gasteiger partial charge in [0.25, 0.3) is 0 Å². The average Bonchev–Trinajstić information content (AvgIpc) is 3.00. The molecule has 4 rings (SSSR count). The predicted molar refractivity (Wildman–Crippen MR) is 93.3 cm³/mol. The van der Waals surface area contributed by atoms with Crippen LogP contribution < -0.4 is 0 Å². The molecule has 0 fully saturated rings. The summed E-state index contributed by atoms with van der Waals surface area (Å²) in [6, 6.07) is 19.3. The van der Waals surface area contributed by atoms with Gasteiger partial charge in [0, 0.05) is 13.0 Å². The smallest absolute Gasteiger partial charge is 0.109 e. The Bertz CT molecular complexity index is 745. The third kappa shape index (κ3) is 2.67. The fourth-order valence-corrected chi connectivity index (χ4v) is 3.11. The van der Waals surface area contributed by atoms with E-state index in [0.717, 1.165) is 13.0 Å². The second kappa shape index (κ2) is 6.37. The largest absolute Gasteiger partial charge is 0.328 e. The average molecular weight is 311 g/mol. The molecule has 112 valence electrons. The van der Waals surface area contributed by atoms with Gasteiger partial charge in [0.1, 0.15) is 5.82 Å². The van der Waals surface area contributed by atoms with Crippen molar-refractivity contribution in [3.8, 4) is 22.4 Å². The molecule has 0 spiro atoms. The van der Waals surface area contributed by atoms with Gasteiger partial charge in [-0.1, -0.05) is 54.6 Å². The Hall–Kier alpha value is -2.06. The molecule has 1 aliphatic heterocycles. The van der Waals surface area contributed by atoms with Crippen LogP contribution in [0.3, 0.4) is 0 Å². The highest BCUT2D eigenvalue weighted by Crippen LogP contribution is 2.27. The lowest BCUT2D eigenvalue weighted by atomic mass is 10.0. The molecule has 0 saturated heterocycles. The molecule has 1 aromatic heterocycles. The van der Waals surface area contributed by atoms with Crippen LogP contribution in [0.25, 0.3) is 22.4 Å². The zero-order valence-electron chi connectivity index (χ0n) is 12.4. The zero-order valence-corrected chi connectivity index (χ0v) is 13.2. The van der Waals surface area contributed by atoms with Gasteiger partial charge in [-0.05, 0) is 29.5 Å². The first-order valence-corrected chi connectivity index (χ1v) is 7.62. The molecule has 0 saturated carbocycles. The minimum absolute atomic E-state index is 0. The van der Waals surface area contributed by atoms with Crippen LogP contribution in [-0.4, -0.2) is 9.55 Å². The van der Waals surface area contributed by atoms with E-state index in [1.807, 2.05) is 6.20 Å². The summed E-state index contributed by atoms with van der Waals surface area (Å²) >= 11 is 0. The minimum atomic E-state index is 0. The van der Waals surface area contributed by atoms with Crippen molar-refractivity contribution >= 4 is 12.4 Å². The van der Waals surface area contributed by atoms with Gasteiger partial charge in [-0.2, -0.15) is 0 Å². The lowest BCUT2D eigenvalue weighted by Crippen LogP contribution is -2.11. The quantitative estimate of drug-likeness (QED) is 0.653. The van der Waals surface area contributed by atoms with Crippen LogP contribution in [0.1, 0.15) is 18.7 Å². The van der Waals surface area contributed by atoms with E-state index in [-0.39, 0.29) is 12.4 Å². The molecule has 0 amide bonds. The highest BCUT2D eigenvalue weighted by atomic mass is 35.5. The van der Waals surface area contributed by atoms with Crippen molar-refractivity contribution in [3.05, 3.63) is 66.6 Å². The van der Waals surface area contributed by atoms with Gasteiger partial charge in [-0.3, -0.25) is 0 Å². The number of fused-ring (bicyclic) bond motifs is 1. The van der Waals surface area contributed by atoms with Crippen molar-refractivity contribution in [2.75, 3.05) is 0 Å². The molecule has 2 heterocycles. The Morgan fingerprint density at radius 2 is 1.45 bits per heavy atom. The first kappa shape index (κ1) is 14.9. The van der Waals surface area contributed by atoms with Gasteiger partial charge >= 0.3 is 0 Å². The maximum Gasteiger partial charge on any atom is 0.109 e. The normalized spacial score (nSPS) is 13.3. The van der Waals surface area contributed by atoms with Gasteiger partial charge in [-0.15, -0.1) is 12.4 Å². The number of aryl methyl sites for hydroxylation is 1. The summed E-state index contributed by atoms with van der Waals surface area (Å²) in [6.45, 7) is 1.10. The Labute approximate surface area is 137 Å². The molecule has 0 N–H and O–H groups in total. The summed E-state index contributed by atoms with van der Waals surface area (Å²) in [5.74, 6) is 1.24. The molecular weight excluding hydrogens is 292 g/mol. The van der Waals surface area contributed by atoms with Gasteiger partial charge in [0.15, 0.2) is 0 Å². The van der Waals surface area contributed by atoms with Crippen LogP contribution in [0.4, 0.5) is 0 Å². The van der Waals surface area contributed by atoms with E-state index in [2.05, 4.69) is 64.1 Å². The number of benzene rings is 2. The van der Waals surface area contributed by atoms with Gasteiger partial charge < -0.3 is 4.57 Å². The zero-order chi connectivity index (χ0) is 14.1. The third-order valence-electron chi connectivity index (χ3n) is 4.26. The van der Waals surface area contributed by atoms with E-state index in [1.54, 1.807) is 0 Å². The number of halogens is 1. The summed E-state index contributed by atoms with van der Waals surface area (Å²) in [6.07, 6.45) is 5.67. The molecule has 0 radical (unpaired) electrons. The maximum absolute atomic E-state index is 4.58. The van der Waals surface area contributed by atoms with Crippen molar-refractivity contribution in [2.24, 2.45) is 0 Å². The number of hydrogen-bond acceptors (Lipinski definition) is 1. The summed E-state index contributed by atoms with van der Waals surface area (Å²) in [7, 11) is 0. The molecule has 0 atom stereocenters. The number of aromatic nitrogens is 2. The van der Waals surface area contributed by atoms with Crippen LogP contribution in [0.15, 0.2) is 60.8 Å². The fraction of sp³-hybridized carbons (Fsp3) is 0.211. The van der Waals surface area contributed by atoms with E-state index >= 15 is 0 Å². The Morgan fingerprint density at radius 3 is 2.23 bits per heavy atom. The van der Waals surface area contributed by atoms with Crippen molar-refractivity contribution in [1.29, 1.82) is 0 Å². The monoisotopic (exact) mass is 310 g/mol. The van der Waals surface area contributed by atoms with Gasteiger partial charge in [-0.25, -0.2) is 4.98 Å². The number of hydrogen-bond donors (Lipinski definition) is 0. The fourth-order valence-electron chi connectivity index (χ4n) is 3.11. The van der Waals surface area contributed by atoms with E-state index < -0.39 is 0 Å². The number of nitrogens with zero attached hydrogens (tertiary/aromatic N) is 2. The lowest BCUT2D eigenvalue weighted by Gasteiger charge is -2.16. The van der Waals surface area contributed by atoms with Crippen molar-refractivity contribution in [2.45, 2.75) is 25.8 Å². The second-order valence-electron chi connectivity index (χ2n) is 5.61. The molecule has 3 aromatic rings. The lowest BCUT2D eigenvalue weighted by molar-refractivity contribution is 0.526. The van der Waals surface area contributed by atoms with Gasteiger partial charge in [0.05, 0.1) is 11.9 Å². The van der Waals surface area contributed by atoms with Crippen LogP contribution in [-0.2, 0) is 13.0 Å². The number of imidazole rings is 1. The van der Waals surface area contributed by atoms with E-state index in [4.69, 9.17) is 0 Å². The summed E-state index contributed by atoms with van der Waals surface area (Å²) in [5.41, 5.74) is 5.04. The van der Waals surface area contributed by atoms with Crippen LogP contribution in [0, 0.1) is 0 Å². The van der Waals surface area contributed by atoms with Crippen LogP contribution in [0.5, 0.6) is 0 Å². The van der Waals surface area contributed by atoms with Crippen molar-refractivity contribution in [3.63, 3.8) is 0 Å². The molecule has 3 heteroatoms. The highest BCUT2D eigenvalue weighted by Gasteiger charge is 2.14. The first-order valence-electron chi connectivity index (χ1n) is 7.62. The standard InChI is InChI=1S/C19H18N2.ClH/c1-2-6-15(7-3-1)16-9-11-17(12-10-16)18-14-20-19-8-4-5-13-21(18)19;/h1-3,6-7,9-12,14H,4-5,8,13H2;1H. The van der Waals surface area contributed by atoms with Crippen LogP contribution in [0.2, 0.25) is 0 Å². The molecule has 22 heavy (non-hydrogen) atoms. The summed E-state index contributed by atoms with van der Waals surface area (Å²) < 4.78 is 2.38. The number of rotatable bonds is 2. The predicted octanol–water partition coefficient (Wildman–Crippen LogP) is 4.98. The maximum atomic E-state index is 4.58. The van der Waals surface area contributed by atoms with Crippen molar-refractivity contribution in [1.82, 2.24) is 9.55 Å². The SMILES string of the molecule is Cl.c1ccc(-c2ccc(-c3cnc4n3CCCC4)cc2)cc1. The molecule has 0 aliphatic carbocycles. The molecule has 0 unspecified atom stereocenters. The molecular formula is C19H19ClN2. The van der Waals surface area contributed by atoms with Gasteiger partial charge in [0.2, 0.25) is 0 Å².